The van der Waals surface area contributed by atoms with Gasteiger partial charge in [-0.1, -0.05) is 50.5 Å². The van der Waals surface area contributed by atoms with E-state index in [-0.39, 0.29) is 0 Å². The number of hydrogen-bond acceptors (Lipinski definition) is 1. The van der Waals surface area contributed by atoms with E-state index >= 15 is 0 Å². The van der Waals surface area contributed by atoms with Crippen LogP contribution in [0.2, 0.25) is 0 Å². The molecule has 1 aromatic rings. The zero-order valence-electron chi connectivity index (χ0n) is 18.2. The first kappa shape index (κ1) is 22.1. The predicted molar refractivity (Wildman–Crippen MR) is 119 cm³/mol. The summed E-state index contributed by atoms with van der Waals surface area (Å²) >= 11 is 0. The first-order valence-corrected chi connectivity index (χ1v) is 12.0. The maximum absolute atomic E-state index is 12.9. The Balaban J connectivity index is 1.38. The average molecular weight is 396 g/mol. The van der Waals surface area contributed by atoms with E-state index in [1.165, 1.54) is 82.3 Å². The summed E-state index contributed by atoms with van der Waals surface area (Å²) in [7, 11) is 0. The standard InChI is InChI=1S/C27H38FN/c1-2-3-5-21-8-12-23(13-9-21)25-16-18-26(19-17-25)24-14-10-22(11-15-24)6-4-7-27(28)20-29/h7-9,12-13,22,24-26H,2-6,10-11,14-19H2,1H3/t22-,24-,25-,26-. The van der Waals surface area contributed by atoms with Crippen LogP contribution in [0.15, 0.2) is 36.2 Å². The number of unbranched alkanes of at least 4 members (excludes halogenated alkanes) is 1. The number of halogens is 1. The molecule has 0 saturated heterocycles. The summed E-state index contributed by atoms with van der Waals surface area (Å²) in [5.74, 6) is 2.72. The summed E-state index contributed by atoms with van der Waals surface area (Å²) < 4.78 is 12.9. The maximum atomic E-state index is 12.9. The summed E-state index contributed by atoms with van der Waals surface area (Å²) in [5.41, 5.74) is 3.05. The van der Waals surface area contributed by atoms with Gasteiger partial charge in [-0.2, -0.15) is 9.65 Å². The Morgan fingerprint density at radius 2 is 1.62 bits per heavy atom. The van der Waals surface area contributed by atoms with Crippen molar-refractivity contribution in [3.05, 3.63) is 47.3 Å². The highest BCUT2D eigenvalue weighted by Crippen LogP contribution is 2.44. The molecule has 0 heterocycles. The number of aryl methyl sites for hydroxylation is 1. The van der Waals surface area contributed by atoms with Crippen LogP contribution in [0.5, 0.6) is 0 Å². The second kappa shape index (κ2) is 11.5. The molecule has 2 heteroatoms. The van der Waals surface area contributed by atoms with E-state index in [2.05, 4.69) is 31.2 Å². The number of allylic oxidation sites excluding steroid dienone is 2. The van der Waals surface area contributed by atoms with Gasteiger partial charge in [0.2, 0.25) is 0 Å². The highest BCUT2D eigenvalue weighted by molar-refractivity contribution is 5.26. The van der Waals surface area contributed by atoms with Crippen LogP contribution in [0, 0.1) is 29.1 Å². The maximum Gasteiger partial charge on any atom is 0.196 e. The molecular formula is C27H38FN. The Bertz CT molecular complexity index is 667. The number of nitrogens with zero attached hydrogens (tertiary/aromatic N) is 1. The van der Waals surface area contributed by atoms with E-state index in [4.69, 9.17) is 5.26 Å². The van der Waals surface area contributed by atoms with Crippen molar-refractivity contribution in [1.29, 1.82) is 5.26 Å². The van der Waals surface area contributed by atoms with E-state index in [1.807, 2.05) is 0 Å². The summed E-state index contributed by atoms with van der Waals surface area (Å²) in [6.07, 6.45) is 17.8. The second-order valence-electron chi connectivity index (χ2n) is 9.48. The van der Waals surface area contributed by atoms with Gasteiger partial charge < -0.3 is 0 Å². The predicted octanol–water partition coefficient (Wildman–Crippen LogP) is 8.27. The highest BCUT2D eigenvalue weighted by atomic mass is 19.1. The molecule has 0 N–H and O–H groups in total. The van der Waals surface area contributed by atoms with Gasteiger partial charge in [0.15, 0.2) is 5.83 Å². The lowest BCUT2D eigenvalue weighted by atomic mass is 9.68. The van der Waals surface area contributed by atoms with Crippen molar-refractivity contribution in [2.24, 2.45) is 17.8 Å². The van der Waals surface area contributed by atoms with Gasteiger partial charge >= 0.3 is 0 Å². The molecule has 0 aliphatic heterocycles. The van der Waals surface area contributed by atoms with Crippen LogP contribution in [0.3, 0.4) is 0 Å². The highest BCUT2D eigenvalue weighted by Gasteiger charge is 2.31. The smallest absolute Gasteiger partial charge is 0.195 e. The molecule has 0 spiro atoms. The van der Waals surface area contributed by atoms with Crippen molar-refractivity contribution in [2.45, 2.75) is 96.3 Å². The molecular weight excluding hydrogens is 357 g/mol. The lowest BCUT2D eigenvalue weighted by molar-refractivity contribution is 0.157. The van der Waals surface area contributed by atoms with Gasteiger partial charge in [-0.05, 0) is 105 Å². The Morgan fingerprint density at radius 3 is 2.21 bits per heavy atom. The molecule has 2 saturated carbocycles. The van der Waals surface area contributed by atoms with Crippen molar-refractivity contribution < 1.29 is 4.39 Å². The van der Waals surface area contributed by atoms with Crippen LogP contribution in [-0.4, -0.2) is 0 Å². The minimum absolute atomic E-state index is 0.619. The van der Waals surface area contributed by atoms with E-state index in [0.29, 0.717) is 0 Å². The van der Waals surface area contributed by atoms with Gasteiger partial charge in [0.1, 0.15) is 6.07 Å². The Morgan fingerprint density at radius 1 is 1.00 bits per heavy atom. The molecule has 29 heavy (non-hydrogen) atoms. The quantitative estimate of drug-likeness (QED) is 0.406. The fraction of sp³-hybridized carbons (Fsp3) is 0.667. The molecule has 3 rings (SSSR count). The first-order chi connectivity index (χ1) is 14.2. The molecule has 0 amide bonds. The summed E-state index contributed by atoms with van der Waals surface area (Å²) in [6, 6.07) is 11.1. The average Bonchev–Trinajstić information content (AvgIpc) is 2.78. The first-order valence-electron chi connectivity index (χ1n) is 12.0. The van der Waals surface area contributed by atoms with Gasteiger partial charge in [-0.3, -0.25) is 0 Å². The fourth-order valence-electron chi connectivity index (χ4n) is 5.70. The van der Waals surface area contributed by atoms with Crippen molar-refractivity contribution in [3.63, 3.8) is 0 Å². The molecule has 0 bridgehead atoms. The number of hydrogen-bond donors (Lipinski definition) is 0. The number of rotatable bonds is 8. The van der Waals surface area contributed by atoms with Gasteiger partial charge in [-0.15, -0.1) is 0 Å². The minimum Gasteiger partial charge on any atom is -0.195 e. The molecule has 0 atom stereocenters. The van der Waals surface area contributed by atoms with Crippen molar-refractivity contribution in [1.82, 2.24) is 0 Å². The molecule has 158 valence electrons. The summed E-state index contributed by atoms with van der Waals surface area (Å²) in [6.45, 7) is 2.26. The van der Waals surface area contributed by atoms with Crippen LogP contribution in [0.1, 0.15) is 101 Å². The third kappa shape index (κ3) is 6.70. The molecule has 0 aromatic heterocycles. The second-order valence-corrected chi connectivity index (χ2v) is 9.48. The van der Waals surface area contributed by atoms with Crippen molar-refractivity contribution in [3.8, 4) is 6.07 Å². The third-order valence-electron chi connectivity index (χ3n) is 7.61. The zero-order chi connectivity index (χ0) is 20.5. The lowest BCUT2D eigenvalue weighted by Crippen LogP contribution is -2.25. The normalized spacial score (nSPS) is 28.1. The van der Waals surface area contributed by atoms with Crippen molar-refractivity contribution in [2.75, 3.05) is 0 Å². The molecule has 2 aliphatic rings. The molecule has 0 radical (unpaired) electrons. The lowest BCUT2D eigenvalue weighted by Gasteiger charge is -2.38. The summed E-state index contributed by atoms with van der Waals surface area (Å²) in [5, 5.41) is 8.49. The topological polar surface area (TPSA) is 23.8 Å². The van der Waals surface area contributed by atoms with Gasteiger partial charge in [-0.25, -0.2) is 0 Å². The number of nitriles is 1. The zero-order valence-corrected chi connectivity index (χ0v) is 18.2. The molecule has 2 fully saturated rings. The van der Waals surface area contributed by atoms with Crippen LogP contribution in [0.4, 0.5) is 4.39 Å². The van der Waals surface area contributed by atoms with E-state index in [0.717, 1.165) is 36.5 Å². The van der Waals surface area contributed by atoms with Crippen LogP contribution >= 0.6 is 0 Å². The van der Waals surface area contributed by atoms with Gasteiger partial charge in [0.05, 0.1) is 0 Å². The van der Waals surface area contributed by atoms with E-state index < -0.39 is 5.83 Å². The van der Waals surface area contributed by atoms with Crippen LogP contribution < -0.4 is 0 Å². The summed E-state index contributed by atoms with van der Waals surface area (Å²) in [4.78, 5) is 0. The van der Waals surface area contributed by atoms with E-state index in [9.17, 15) is 4.39 Å². The SMILES string of the molecule is CCCCc1ccc([C@H]2CC[C@H]([C@H]3CC[C@H](CCC=C(F)C#N)CC3)CC2)cc1. The Kier molecular flexibility index (Phi) is 8.78. The largest absolute Gasteiger partial charge is 0.196 e. The monoisotopic (exact) mass is 395 g/mol. The minimum atomic E-state index is -0.619. The van der Waals surface area contributed by atoms with Crippen molar-refractivity contribution >= 4 is 0 Å². The van der Waals surface area contributed by atoms with Gasteiger partial charge in [0, 0.05) is 0 Å². The number of benzene rings is 1. The van der Waals surface area contributed by atoms with E-state index in [1.54, 1.807) is 11.6 Å². The third-order valence-corrected chi connectivity index (χ3v) is 7.61. The molecule has 1 aromatic carbocycles. The fourth-order valence-corrected chi connectivity index (χ4v) is 5.70. The van der Waals surface area contributed by atoms with Crippen LogP contribution in [0.25, 0.3) is 0 Å². The Labute approximate surface area is 177 Å². The van der Waals surface area contributed by atoms with Crippen LogP contribution in [-0.2, 0) is 6.42 Å². The molecule has 2 aliphatic carbocycles. The van der Waals surface area contributed by atoms with Gasteiger partial charge in [0.25, 0.3) is 0 Å². The molecule has 0 unspecified atom stereocenters. The molecule has 1 nitrogen and oxygen atoms in total. The Hall–Kier alpha value is -1.62.